The van der Waals surface area contributed by atoms with Gasteiger partial charge in [0, 0.05) is 23.0 Å². The number of thiazole rings is 1. The minimum atomic E-state index is -0.489. The molecule has 0 saturated carbocycles. The minimum absolute atomic E-state index is 0.120. The molecule has 0 unspecified atom stereocenters. The van der Waals surface area contributed by atoms with Gasteiger partial charge in [-0.15, -0.1) is 0 Å². The molecule has 3 aromatic rings. The molecule has 0 saturated heterocycles. The number of anilines is 1. The van der Waals surface area contributed by atoms with E-state index in [1.165, 1.54) is 6.08 Å². The molecule has 26 heavy (non-hydrogen) atoms. The van der Waals surface area contributed by atoms with Crippen LogP contribution in [-0.2, 0) is 11.8 Å². The molecule has 0 atom stereocenters. The zero-order valence-electron chi connectivity index (χ0n) is 14.2. The standard InChI is InChI=1S/C18H16ClN3O3S/c1-4-8-25-17(24)15-10(2)20-18(26-15)21-16(23)14-9-11-12(19)6-5-7-13(11)22(14)3/h4-7,9H,1,8H2,2-3H3,(H,20,21,23). The molecular weight excluding hydrogens is 374 g/mol. The maximum absolute atomic E-state index is 12.6. The van der Waals surface area contributed by atoms with Crippen LogP contribution in [-0.4, -0.2) is 28.0 Å². The summed E-state index contributed by atoms with van der Waals surface area (Å²) >= 11 is 7.26. The van der Waals surface area contributed by atoms with Crippen LogP contribution in [0.2, 0.25) is 5.02 Å². The number of hydrogen-bond acceptors (Lipinski definition) is 5. The second-order valence-electron chi connectivity index (χ2n) is 5.54. The van der Waals surface area contributed by atoms with Crippen LogP contribution in [0.3, 0.4) is 0 Å². The van der Waals surface area contributed by atoms with Gasteiger partial charge in [-0.2, -0.15) is 0 Å². The number of nitrogens with zero attached hydrogens (tertiary/aromatic N) is 2. The second kappa shape index (κ2) is 7.31. The van der Waals surface area contributed by atoms with Crippen molar-refractivity contribution in [3.05, 3.63) is 58.2 Å². The summed E-state index contributed by atoms with van der Waals surface area (Å²) in [6, 6.07) is 7.22. The van der Waals surface area contributed by atoms with E-state index in [4.69, 9.17) is 16.3 Å². The Morgan fingerprint density at radius 2 is 2.23 bits per heavy atom. The van der Waals surface area contributed by atoms with Crippen LogP contribution in [0.4, 0.5) is 5.13 Å². The van der Waals surface area contributed by atoms with Crippen LogP contribution in [0.5, 0.6) is 0 Å². The highest BCUT2D eigenvalue weighted by Gasteiger charge is 2.20. The number of nitrogens with one attached hydrogen (secondary N) is 1. The summed E-state index contributed by atoms with van der Waals surface area (Å²) in [6.07, 6.45) is 1.49. The zero-order valence-corrected chi connectivity index (χ0v) is 15.8. The Labute approximate surface area is 159 Å². The lowest BCUT2D eigenvalue weighted by molar-refractivity contribution is 0.0554. The second-order valence-corrected chi connectivity index (χ2v) is 6.94. The zero-order chi connectivity index (χ0) is 18.8. The Bertz CT molecular complexity index is 1020. The average molecular weight is 390 g/mol. The first-order chi connectivity index (χ1) is 12.4. The lowest BCUT2D eigenvalue weighted by Crippen LogP contribution is -2.15. The Balaban J connectivity index is 1.85. The quantitative estimate of drug-likeness (QED) is 0.524. The van der Waals surface area contributed by atoms with Crippen LogP contribution in [0.15, 0.2) is 36.9 Å². The van der Waals surface area contributed by atoms with Gasteiger partial charge in [0.05, 0.1) is 5.69 Å². The Kier molecular flexibility index (Phi) is 5.11. The van der Waals surface area contributed by atoms with Gasteiger partial charge in [0.2, 0.25) is 0 Å². The maximum atomic E-state index is 12.6. The summed E-state index contributed by atoms with van der Waals surface area (Å²) in [5.74, 6) is -0.823. The van der Waals surface area contributed by atoms with Crippen molar-refractivity contribution >= 4 is 50.8 Å². The van der Waals surface area contributed by atoms with Crippen LogP contribution >= 0.6 is 22.9 Å². The summed E-state index contributed by atoms with van der Waals surface area (Å²) in [6.45, 7) is 5.31. The molecule has 0 aliphatic rings. The molecule has 0 fully saturated rings. The average Bonchev–Trinajstić information content (AvgIpc) is 3.14. The molecule has 0 aliphatic carbocycles. The van der Waals surface area contributed by atoms with Crippen molar-refractivity contribution in [2.75, 3.05) is 11.9 Å². The molecule has 0 aliphatic heterocycles. The number of carbonyl (C=O) groups is 2. The number of rotatable bonds is 5. The monoisotopic (exact) mass is 389 g/mol. The number of halogens is 1. The third-order valence-electron chi connectivity index (χ3n) is 3.80. The van der Waals surface area contributed by atoms with E-state index in [-0.39, 0.29) is 12.5 Å². The first-order valence-electron chi connectivity index (χ1n) is 7.73. The van der Waals surface area contributed by atoms with E-state index < -0.39 is 5.97 Å². The number of carbonyl (C=O) groups excluding carboxylic acids is 2. The van der Waals surface area contributed by atoms with E-state index in [2.05, 4.69) is 16.9 Å². The number of benzene rings is 1. The first-order valence-corrected chi connectivity index (χ1v) is 8.92. The SMILES string of the molecule is C=CCOC(=O)c1sc(NC(=O)c2cc3c(Cl)cccc3n2C)nc1C. The fourth-order valence-corrected chi connectivity index (χ4v) is 3.62. The van der Waals surface area contributed by atoms with Crippen molar-refractivity contribution < 1.29 is 14.3 Å². The van der Waals surface area contributed by atoms with Gasteiger partial charge in [-0.25, -0.2) is 9.78 Å². The van der Waals surface area contributed by atoms with Crippen LogP contribution in [0, 0.1) is 6.92 Å². The highest BCUT2D eigenvalue weighted by molar-refractivity contribution is 7.17. The van der Waals surface area contributed by atoms with Crippen molar-refractivity contribution in [3.63, 3.8) is 0 Å². The Morgan fingerprint density at radius 3 is 2.92 bits per heavy atom. The molecule has 1 aromatic carbocycles. The third kappa shape index (κ3) is 3.36. The molecule has 1 amide bonds. The molecule has 0 bridgehead atoms. The predicted molar refractivity (Wildman–Crippen MR) is 103 cm³/mol. The van der Waals surface area contributed by atoms with Gasteiger partial charge in [0.25, 0.3) is 5.91 Å². The van der Waals surface area contributed by atoms with Crippen molar-refractivity contribution in [2.24, 2.45) is 7.05 Å². The molecule has 0 radical (unpaired) electrons. The highest BCUT2D eigenvalue weighted by Crippen LogP contribution is 2.28. The predicted octanol–water partition coefficient (Wildman–Crippen LogP) is 4.19. The maximum Gasteiger partial charge on any atom is 0.350 e. The normalized spacial score (nSPS) is 10.7. The van der Waals surface area contributed by atoms with Crippen LogP contribution in [0.1, 0.15) is 25.9 Å². The van der Waals surface area contributed by atoms with Gasteiger partial charge in [0.1, 0.15) is 17.2 Å². The van der Waals surface area contributed by atoms with Crippen molar-refractivity contribution in [3.8, 4) is 0 Å². The van der Waals surface area contributed by atoms with E-state index in [9.17, 15) is 9.59 Å². The van der Waals surface area contributed by atoms with Crippen molar-refractivity contribution in [2.45, 2.75) is 6.92 Å². The van der Waals surface area contributed by atoms with Crippen molar-refractivity contribution in [1.29, 1.82) is 0 Å². The van der Waals surface area contributed by atoms with Crippen LogP contribution in [0.25, 0.3) is 10.9 Å². The summed E-state index contributed by atoms with van der Waals surface area (Å²) in [7, 11) is 1.79. The lowest BCUT2D eigenvalue weighted by atomic mass is 10.2. The molecule has 2 heterocycles. The smallest absolute Gasteiger partial charge is 0.350 e. The minimum Gasteiger partial charge on any atom is -0.457 e. The molecule has 0 spiro atoms. The summed E-state index contributed by atoms with van der Waals surface area (Å²) in [4.78, 5) is 29.2. The van der Waals surface area contributed by atoms with Gasteiger partial charge in [-0.3, -0.25) is 10.1 Å². The Morgan fingerprint density at radius 1 is 1.46 bits per heavy atom. The van der Waals surface area contributed by atoms with Gasteiger partial charge in [-0.05, 0) is 25.1 Å². The van der Waals surface area contributed by atoms with E-state index >= 15 is 0 Å². The fourth-order valence-electron chi connectivity index (χ4n) is 2.54. The largest absolute Gasteiger partial charge is 0.457 e. The van der Waals surface area contributed by atoms with E-state index in [1.54, 1.807) is 30.7 Å². The van der Waals surface area contributed by atoms with E-state index in [0.717, 1.165) is 22.2 Å². The molecular formula is C18H16ClN3O3S. The van der Waals surface area contributed by atoms with Gasteiger partial charge in [-0.1, -0.05) is 41.7 Å². The third-order valence-corrected chi connectivity index (χ3v) is 5.18. The van der Waals surface area contributed by atoms with Gasteiger partial charge < -0.3 is 9.30 Å². The number of hydrogen-bond donors (Lipinski definition) is 1. The van der Waals surface area contributed by atoms with Crippen molar-refractivity contribution in [1.82, 2.24) is 9.55 Å². The number of aromatic nitrogens is 2. The van der Waals surface area contributed by atoms with Crippen LogP contribution < -0.4 is 5.32 Å². The summed E-state index contributed by atoms with van der Waals surface area (Å²) in [5, 5.41) is 4.43. The molecule has 3 rings (SSSR count). The first kappa shape index (κ1) is 18.2. The number of esters is 1. The summed E-state index contributed by atoms with van der Waals surface area (Å²) < 4.78 is 6.78. The van der Waals surface area contributed by atoms with E-state index in [0.29, 0.717) is 26.4 Å². The molecule has 2 aromatic heterocycles. The molecule has 1 N–H and O–H groups in total. The number of aryl methyl sites for hydroxylation is 2. The number of ether oxygens (including phenoxy) is 1. The molecule has 8 heteroatoms. The highest BCUT2D eigenvalue weighted by atomic mass is 35.5. The molecule has 6 nitrogen and oxygen atoms in total. The Hall–Kier alpha value is -2.64. The number of fused-ring (bicyclic) bond motifs is 1. The fraction of sp³-hybridized carbons (Fsp3) is 0.167. The molecule has 134 valence electrons. The van der Waals surface area contributed by atoms with Gasteiger partial charge in [0.15, 0.2) is 5.13 Å². The topological polar surface area (TPSA) is 73.2 Å². The lowest BCUT2D eigenvalue weighted by Gasteiger charge is -2.03. The number of amides is 1. The summed E-state index contributed by atoms with van der Waals surface area (Å²) in [5.41, 5.74) is 1.79. The van der Waals surface area contributed by atoms with E-state index in [1.807, 2.05) is 12.1 Å². The van der Waals surface area contributed by atoms with Gasteiger partial charge >= 0.3 is 5.97 Å².